The molecule has 0 bridgehead atoms. The van der Waals surface area contributed by atoms with E-state index < -0.39 is 0 Å². The summed E-state index contributed by atoms with van der Waals surface area (Å²) in [5.74, 6) is -0.494. The van der Waals surface area contributed by atoms with Crippen LogP contribution in [0.15, 0.2) is 17.5 Å². The largest absolute Gasteiger partial charge is 0.354 e. The molecule has 142 valence electrons. The van der Waals surface area contributed by atoms with Crippen LogP contribution in [0.3, 0.4) is 0 Å². The summed E-state index contributed by atoms with van der Waals surface area (Å²) in [5.41, 5.74) is 0. The SMILES string of the molecule is CC(C)NC(=O)C1CCCN(C(=O)C2CC(=O)N(C)C2c2cccs2)C1. The van der Waals surface area contributed by atoms with E-state index in [1.165, 1.54) is 0 Å². The number of thiophene rings is 1. The molecule has 0 saturated carbocycles. The van der Waals surface area contributed by atoms with Gasteiger partial charge in [-0.15, -0.1) is 11.3 Å². The molecule has 2 aliphatic heterocycles. The summed E-state index contributed by atoms with van der Waals surface area (Å²) in [6.07, 6.45) is 1.87. The Balaban J connectivity index is 1.73. The lowest BCUT2D eigenvalue weighted by molar-refractivity contribution is -0.140. The Morgan fingerprint density at radius 3 is 2.77 bits per heavy atom. The molecule has 2 aliphatic rings. The molecule has 0 spiro atoms. The van der Waals surface area contributed by atoms with Gasteiger partial charge in [0, 0.05) is 37.5 Å². The monoisotopic (exact) mass is 377 g/mol. The zero-order valence-corrected chi connectivity index (χ0v) is 16.4. The lowest BCUT2D eigenvalue weighted by Gasteiger charge is -2.35. The van der Waals surface area contributed by atoms with E-state index in [0.717, 1.165) is 17.7 Å². The molecule has 0 radical (unpaired) electrons. The van der Waals surface area contributed by atoms with Gasteiger partial charge in [-0.1, -0.05) is 6.07 Å². The Morgan fingerprint density at radius 2 is 2.12 bits per heavy atom. The van der Waals surface area contributed by atoms with Gasteiger partial charge in [0.05, 0.1) is 17.9 Å². The van der Waals surface area contributed by atoms with Crippen LogP contribution in [0.25, 0.3) is 0 Å². The number of nitrogens with one attached hydrogen (secondary N) is 1. The Labute approximate surface area is 158 Å². The van der Waals surface area contributed by atoms with Gasteiger partial charge in [-0.25, -0.2) is 0 Å². The van der Waals surface area contributed by atoms with Crippen molar-refractivity contribution in [3.63, 3.8) is 0 Å². The van der Waals surface area contributed by atoms with Gasteiger partial charge < -0.3 is 15.1 Å². The van der Waals surface area contributed by atoms with Gasteiger partial charge in [0.25, 0.3) is 0 Å². The van der Waals surface area contributed by atoms with Crippen molar-refractivity contribution in [2.24, 2.45) is 11.8 Å². The predicted molar refractivity (Wildman–Crippen MR) is 101 cm³/mol. The number of carbonyl (C=O) groups is 3. The molecular formula is C19H27N3O3S. The zero-order chi connectivity index (χ0) is 18.8. The summed E-state index contributed by atoms with van der Waals surface area (Å²) in [6.45, 7) is 4.99. The molecule has 0 aliphatic carbocycles. The molecule has 2 fully saturated rings. The molecule has 1 aromatic rings. The molecule has 3 atom stereocenters. The van der Waals surface area contributed by atoms with Crippen LogP contribution in [0.1, 0.15) is 44.0 Å². The molecule has 3 amide bonds. The number of rotatable bonds is 4. The Morgan fingerprint density at radius 1 is 1.35 bits per heavy atom. The van der Waals surface area contributed by atoms with Crippen molar-refractivity contribution < 1.29 is 14.4 Å². The van der Waals surface area contributed by atoms with E-state index in [1.807, 2.05) is 31.4 Å². The second-order valence-corrected chi connectivity index (χ2v) is 8.54. The minimum atomic E-state index is -0.363. The fraction of sp³-hybridized carbons (Fsp3) is 0.632. The van der Waals surface area contributed by atoms with E-state index in [-0.39, 0.29) is 48.1 Å². The standard InChI is InChI=1S/C19H27N3O3S/c1-12(2)20-18(24)13-6-4-8-22(11-13)19(25)14-10-16(23)21(3)17(14)15-7-5-9-26-15/h5,7,9,12-14,17H,4,6,8,10-11H2,1-3H3,(H,20,24). The summed E-state index contributed by atoms with van der Waals surface area (Å²) in [4.78, 5) is 42.4. The Bertz CT molecular complexity index is 674. The Hall–Kier alpha value is -1.89. The van der Waals surface area contributed by atoms with Gasteiger partial charge in [-0.05, 0) is 38.1 Å². The maximum absolute atomic E-state index is 13.2. The van der Waals surface area contributed by atoms with E-state index in [4.69, 9.17) is 0 Å². The molecule has 0 aromatic carbocycles. The Kier molecular flexibility index (Phi) is 5.65. The highest BCUT2D eigenvalue weighted by atomic mass is 32.1. The van der Waals surface area contributed by atoms with Gasteiger partial charge in [-0.3, -0.25) is 14.4 Å². The van der Waals surface area contributed by atoms with Crippen molar-refractivity contribution in [2.75, 3.05) is 20.1 Å². The number of hydrogen-bond acceptors (Lipinski definition) is 4. The highest BCUT2D eigenvalue weighted by molar-refractivity contribution is 7.10. The first-order chi connectivity index (χ1) is 12.4. The van der Waals surface area contributed by atoms with Crippen LogP contribution >= 0.6 is 11.3 Å². The quantitative estimate of drug-likeness (QED) is 0.873. The van der Waals surface area contributed by atoms with Crippen LogP contribution in [-0.2, 0) is 14.4 Å². The smallest absolute Gasteiger partial charge is 0.228 e. The molecule has 6 nitrogen and oxygen atoms in total. The number of amides is 3. The number of carbonyl (C=O) groups excluding carboxylic acids is 3. The van der Waals surface area contributed by atoms with E-state index in [0.29, 0.717) is 13.1 Å². The normalized spacial score (nSPS) is 26.5. The van der Waals surface area contributed by atoms with Gasteiger partial charge in [0.2, 0.25) is 17.7 Å². The van der Waals surface area contributed by atoms with Crippen molar-refractivity contribution in [1.82, 2.24) is 15.1 Å². The number of likely N-dealkylation sites (tertiary alicyclic amines) is 2. The van der Waals surface area contributed by atoms with Crippen LogP contribution in [-0.4, -0.2) is 53.7 Å². The third kappa shape index (κ3) is 3.77. The predicted octanol–water partition coefficient (Wildman–Crippen LogP) is 2.03. The lowest BCUT2D eigenvalue weighted by atomic mass is 9.92. The fourth-order valence-electron chi connectivity index (χ4n) is 3.97. The first-order valence-electron chi connectivity index (χ1n) is 9.26. The zero-order valence-electron chi connectivity index (χ0n) is 15.6. The molecule has 3 rings (SSSR count). The topological polar surface area (TPSA) is 69.7 Å². The van der Waals surface area contributed by atoms with Gasteiger partial charge in [-0.2, -0.15) is 0 Å². The van der Waals surface area contributed by atoms with Crippen LogP contribution in [0.5, 0.6) is 0 Å². The summed E-state index contributed by atoms with van der Waals surface area (Å²) in [5, 5.41) is 4.92. The van der Waals surface area contributed by atoms with Crippen molar-refractivity contribution in [3.05, 3.63) is 22.4 Å². The van der Waals surface area contributed by atoms with Crippen molar-refractivity contribution in [1.29, 1.82) is 0 Å². The minimum Gasteiger partial charge on any atom is -0.354 e. The number of piperidine rings is 1. The van der Waals surface area contributed by atoms with Crippen molar-refractivity contribution in [2.45, 2.75) is 45.2 Å². The van der Waals surface area contributed by atoms with Crippen LogP contribution in [0, 0.1) is 11.8 Å². The molecule has 2 saturated heterocycles. The molecule has 26 heavy (non-hydrogen) atoms. The first kappa shape index (κ1) is 18.9. The fourth-order valence-corrected chi connectivity index (χ4v) is 4.90. The third-order valence-corrected chi connectivity index (χ3v) is 6.22. The first-order valence-corrected chi connectivity index (χ1v) is 10.1. The highest BCUT2D eigenvalue weighted by Gasteiger charge is 2.45. The second kappa shape index (κ2) is 7.78. The van der Waals surface area contributed by atoms with Crippen LogP contribution in [0.2, 0.25) is 0 Å². The summed E-state index contributed by atoms with van der Waals surface area (Å²) in [6, 6.07) is 3.84. The third-order valence-electron chi connectivity index (χ3n) is 5.27. The van der Waals surface area contributed by atoms with Gasteiger partial charge >= 0.3 is 0 Å². The van der Waals surface area contributed by atoms with E-state index in [2.05, 4.69) is 5.32 Å². The van der Waals surface area contributed by atoms with E-state index >= 15 is 0 Å². The molecular weight excluding hydrogens is 350 g/mol. The van der Waals surface area contributed by atoms with E-state index in [1.54, 1.807) is 28.2 Å². The second-order valence-electron chi connectivity index (χ2n) is 7.56. The summed E-state index contributed by atoms with van der Waals surface area (Å²) >= 11 is 1.58. The maximum atomic E-state index is 13.2. The average molecular weight is 378 g/mol. The maximum Gasteiger partial charge on any atom is 0.228 e. The molecule has 7 heteroatoms. The molecule has 3 heterocycles. The van der Waals surface area contributed by atoms with Gasteiger partial charge in [0.1, 0.15) is 0 Å². The lowest BCUT2D eigenvalue weighted by Crippen LogP contribution is -2.48. The van der Waals surface area contributed by atoms with Crippen molar-refractivity contribution in [3.8, 4) is 0 Å². The van der Waals surface area contributed by atoms with Crippen LogP contribution < -0.4 is 5.32 Å². The minimum absolute atomic E-state index is 0.00291. The average Bonchev–Trinajstić information content (AvgIpc) is 3.22. The highest BCUT2D eigenvalue weighted by Crippen LogP contribution is 2.40. The molecule has 3 unspecified atom stereocenters. The van der Waals surface area contributed by atoms with Crippen LogP contribution in [0.4, 0.5) is 0 Å². The summed E-state index contributed by atoms with van der Waals surface area (Å²) < 4.78 is 0. The number of hydrogen-bond donors (Lipinski definition) is 1. The molecule has 1 N–H and O–H groups in total. The molecule has 1 aromatic heterocycles. The number of nitrogens with zero attached hydrogens (tertiary/aromatic N) is 2. The van der Waals surface area contributed by atoms with E-state index in [9.17, 15) is 14.4 Å². The summed E-state index contributed by atoms with van der Waals surface area (Å²) in [7, 11) is 1.77. The van der Waals surface area contributed by atoms with Crippen molar-refractivity contribution >= 4 is 29.1 Å². The van der Waals surface area contributed by atoms with Gasteiger partial charge in [0.15, 0.2) is 0 Å².